The summed E-state index contributed by atoms with van der Waals surface area (Å²) >= 11 is 2.80. The smallest absolute Gasteiger partial charge is 0.341 e. The highest BCUT2D eigenvalue weighted by Gasteiger charge is 2.28. The van der Waals surface area contributed by atoms with Gasteiger partial charge in [0.05, 0.1) is 17.4 Å². The number of anilines is 1. The summed E-state index contributed by atoms with van der Waals surface area (Å²) in [5.41, 5.74) is 1.55. The average molecular weight is 515 g/mol. The van der Waals surface area contributed by atoms with Crippen molar-refractivity contribution in [2.24, 2.45) is 0 Å². The first kappa shape index (κ1) is 25.2. The Hall–Kier alpha value is -2.85. The molecule has 0 bridgehead atoms. The third-order valence-electron chi connectivity index (χ3n) is 5.52. The number of nitrogens with zero attached hydrogens (tertiary/aromatic N) is 3. The van der Waals surface area contributed by atoms with E-state index in [-0.39, 0.29) is 23.7 Å². The molecular formula is C25H30N4O4S2. The molecule has 35 heavy (non-hydrogen) atoms. The number of nitrogens with one attached hydrogen (secondary N) is 1. The van der Waals surface area contributed by atoms with Crippen LogP contribution >= 0.6 is 23.1 Å². The number of carbonyl (C=O) groups excluding carboxylic acids is 2. The number of thioether (sulfide) groups is 1. The zero-order valence-electron chi connectivity index (χ0n) is 20.2. The van der Waals surface area contributed by atoms with Crippen molar-refractivity contribution >= 4 is 40.0 Å². The van der Waals surface area contributed by atoms with Gasteiger partial charge in [0.2, 0.25) is 5.91 Å². The molecule has 1 aromatic carbocycles. The first-order chi connectivity index (χ1) is 17.0. The lowest BCUT2D eigenvalue weighted by atomic mass is 9.95. The number of ether oxygens (including phenoxy) is 2. The Bertz CT molecular complexity index is 1170. The number of carbonyl (C=O) groups is 2. The predicted octanol–water partition coefficient (Wildman–Crippen LogP) is 5.11. The fourth-order valence-electron chi connectivity index (χ4n) is 3.95. The molecule has 2 aromatic heterocycles. The molecule has 0 radical (unpaired) electrons. The first-order valence-electron chi connectivity index (χ1n) is 11.8. The number of hydrogen-bond donors (Lipinski definition) is 1. The van der Waals surface area contributed by atoms with Crippen LogP contribution in [0.3, 0.4) is 0 Å². The van der Waals surface area contributed by atoms with Crippen LogP contribution < -0.4 is 10.1 Å². The monoisotopic (exact) mass is 514 g/mol. The molecule has 0 fully saturated rings. The molecule has 1 aliphatic carbocycles. The van der Waals surface area contributed by atoms with Crippen LogP contribution in [0.4, 0.5) is 5.00 Å². The summed E-state index contributed by atoms with van der Waals surface area (Å²) in [5.74, 6) is 1.05. The van der Waals surface area contributed by atoms with Gasteiger partial charge in [0, 0.05) is 11.4 Å². The van der Waals surface area contributed by atoms with Crippen molar-refractivity contribution in [3.05, 3.63) is 52.2 Å². The van der Waals surface area contributed by atoms with Gasteiger partial charge in [0.1, 0.15) is 17.4 Å². The summed E-state index contributed by atoms with van der Waals surface area (Å²) in [7, 11) is 0. The van der Waals surface area contributed by atoms with Gasteiger partial charge >= 0.3 is 5.97 Å². The highest BCUT2D eigenvalue weighted by molar-refractivity contribution is 7.99. The Labute approximate surface area is 213 Å². The fourth-order valence-corrected chi connectivity index (χ4v) is 6.07. The van der Waals surface area contributed by atoms with Gasteiger partial charge in [0.25, 0.3) is 0 Å². The fraction of sp³-hybridized carbons (Fsp3) is 0.440. The zero-order valence-corrected chi connectivity index (χ0v) is 21.8. The number of thiophene rings is 1. The van der Waals surface area contributed by atoms with Crippen LogP contribution in [-0.4, -0.2) is 38.5 Å². The minimum Gasteiger partial charge on any atom is -0.486 e. The second-order valence-electron chi connectivity index (χ2n) is 8.45. The SMILES string of the molecule is CCn1c(COc2ccccc2)nnc1SCC(=O)Nc1sc2c(c1C(=O)OC(C)C)CCCC2. The summed E-state index contributed by atoms with van der Waals surface area (Å²) in [6.45, 7) is 6.61. The van der Waals surface area contributed by atoms with E-state index in [1.54, 1.807) is 0 Å². The van der Waals surface area contributed by atoms with E-state index in [2.05, 4.69) is 15.5 Å². The van der Waals surface area contributed by atoms with Gasteiger partial charge in [-0.25, -0.2) is 4.79 Å². The molecule has 0 aliphatic heterocycles. The standard InChI is InChI=1S/C25H30N4O4S2/c1-4-29-20(14-32-17-10-6-5-7-11-17)27-28-25(29)34-15-21(30)26-23-22(24(31)33-16(2)3)18-12-8-9-13-19(18)35-23/h5-7,10-11,16H,4,8-9,12-15H2,1-3H3,(H,26,30). The number of esters is 1. The van der Waals surface area contributed by atoms with E-state index >= 15 is 0 Å². The molecular weight excluding hydrogens is 484 g/mol. The second-order valence-corrected chi connectivity index (χ2v) is 10.5. The molecule has 2 heterocycles. The van der Waals surface area contributed by atoms with Gasteiger partial charge in [-0.1, -0.05) is 30.0 Å². The van der Waals surface area contributed by atoms with E-state index < -0.39 is 0 Å². The highest BCUT2D eigenvalue weighted by Crippen LogP contribution is 2.39. The van der Waals surface area contributed by atoms with Crippen molar-refractivity contribution in [3.63, 3.8) is 0 Å². The number of amides is 1. The predicted molar refractivity (Wildman–Crippen MR) is 137 cm³/mol. The van der Waals surface area contributed by atoms with E-state index in [0.29, 0.717) is 34.7 Å². The van der Waals surface area contributed by atoms with Crippen molar-refractivity contribution in [1.29, 1.82) is 0 Å². The maximum atomic E-state index is 12.9. The summed E-state index contributed by atoms with van der Waals surface area (Å²) in [5, 5.41) is 12.7. The molecule has 8 nitrogen and oxygen atoms in total. The van der Waals surface area contributed by atoms with E-state index in [0.717, 1.165) is 37.0 Å². The Kier molecular flexibility index (Phi) is 8.46. The molecule has 186 valence electrons. The Morgan fingerprint density at radius 3 is 2.69 bits per heavy atom. The van der Waals surface area contributed by atoms with Crippen molar-refractivity contribution in [3.8, 4) is 5.75 Å². The molecule has 0 saturated carbocycles. The molecule has 0 unspecified atom stereocenters. The molecule has 1 amide bonds. The number of aryl methyl sites for hydroxylation is 1. The minimum absolute atomic E-state index is 0.152. The van der Waals surface area contributed by atoms with E-state index in [9.17, 15) is 9.59 Å². The van der Waals surface area contributed by atoms with Crippen molar-refractivity contribution in [2.75, 3.05) is 11.1 Å². The molecule has 0 saturated heterocycles. The number of rotatable bonds is 10. The van der Waals surface area contributed by atoms with Gasteiger partial charge in [-0.2, -0.15) is 0 Å². The van der Waals surface area contributed by atoms with Crippen LogP contribution in [0, 0.1) is 0 Å². The van der Waals surface area contributed by atoms with E-state index in [1.165, 1.54) is 28.0 Å². The third-order valence-corrected chi connectivity index (χ3v) is 7.70. The largest absolute Gasteiger partial charge is 0.486 e. The van der Waals surface area contributed by atoms with Crippen LogP contribution in [0.2, 0.25) is 0 Å². The maximum Gasteiger partial charge on any atom is 0.341 e. The second kappa shape index (κ2) is 11.7. The van der Waals surface area contributed by atoms with Gasteiger partial charge in [-0.05, 0) is 64.2 Å². The van der Waals surface area contributed by atoms with Crippen LogP contribution in [0.15, 0.2) is 35.5 Å². The molecule has 3 aromatic rings. The van der Waals surface area contributed by atoms with Gasteiger partial charge in [0.15, 0.2) is 11.0 Å². The Morgan fingerprint density at radius 2 is 1.94 bits per heavy atom. The Balaban J connectivity index is 1.41. The third kappa shape index (κ3) is 6.24. The topological polar surface area (TPSA) is 95.3 Å². The summed E-state index contributed by atoms with van der Waals surface area (Å²) < 4.78 is 13.2. The van der Waals surface area contributed by atoms with Crippen molar-refractivity contribution in [1.82, 2.24) is 14.8 Å². The number of benzene rings is 1. The highest BCUT2D eigenvalue weighted by atomic mass is 32.2. The van der Waals surface area contributed by atoms with Gasteiger partial charge in [-0.15, -0.1) is 21.5 Å². The molecule has 1 N–H and O–H groups in total. The number of fused-ring (bicyclic) bond motifs is 1. The Morgan fingerprint density at radius 1 is 1.17 bits per heavy atom. The van der Waals surface area contributed by atoms with Crippen LogP contribution in [0.1, 0.15) is 60.2 Å². The molecule has 0 spiro atoms. The average Bonchev–Trinajstić information content (AvgIpc) is 3.41. The van der Waals surface area contributed by atoms with Crippen molar-refractivity contribution < 1.29 is 19.1 Å². The van der Waals surface area contributed by atoms with E-state index in [4.69, 9.17) is 9.47 Å². The molecule has 0 atom stereocenters. The number of hydrogen-bond acceptors (Lipinski definition) is 8. The number of para-hydroxylation sites is 1. The lowest BCUT2D eigenvalue weighted by molar-refractivity contribution is -0.113. The quantitative estimate of drug-likeness (QED) is 0.297. The molecule has 4 rings (SSSR count). The summed E-state index contributed by atoms with van der Waals surface area (Å²) in [6.07, 6.45) is 3.68. The molecule has 1 aliphatic rings. The number of aromatic nitrogens is 3. The van der Waals surface area contributed by atoms with E-state index in [1.807, 2.05) is 55.7 Å². The minimum atomic E-state index is -0.365. The van der Waals surface area contributed by atoms with Crippen molar-refractivity contribution in [2.45, 2.75) is 70.9 Å². The molecule has 10 heteroatoms. The van der Waals surface area contributed by atoms with Gasteiger partial charge in [-0.3, -0.25) is 4.79 Å². The van der Waals surface area contributed by atoms with Gasteiger partial charge < -0.3 is 19.4 Å². The summed E-state index contributed by atoms with van der Waals surface area (Å²) in [4.78, 5) is 26.8. The zero-order chi connectivity index (χ0) is 24.8. The first-order valence-corrected chi connectivity index (χ1v) is 13.6. The van der Waals surface area contributed by atoms with Crippen LogP contribution in [-0.2, 0) is 35.5 Å². The lowest BCUT2D eigenvalue weighted by Gasteiger charge is -2.14. The normalized spacial score (nSPS) is 12.9. The summed E-state index contributed by atoms with van der Waals surface area (Å²) in [6, 6.07) is 9.54. The lowest BCUT2D eigenvalue weighted by Crippen LogP contribution is -2.19. The maximum absolute atomic E-state index is 12.9. The van der Waals surface area contributed by atoms with Crippen LogP contribution in [0.25, 0.3) is 0 Å². The van der Waals surface area contributed by atoms with Crippen LogP contribution in [0.5, 0.6) is 5.75 Å².